The third-order valence-electron chi connectivity index (χ3n) is 8.33. The minimum Gasteiger partial charge on any atom is -0.506 e. The standard InChI is InChI=1S/C28H26N2O10/c1-9-4-10-5-11-6-14-17-19(15(11)21(32)16(10)28(35)30(9)29)23(34)20-22(33)18-13(36-2)7-12(31)24(37-3)26(18)40-27(20)25(17)39-8-38-14/h4-5,12-14,24,31-32,34H,6-8,29H2,1-3H3/t12-,13+,14-,24-/m0/s1. The Labute approximate surface area is 225 Å². The molecule has 0 amide bonds. The van der Waals surface area contributed by atoms with E-state index >= 15 is 0 Å². The normalized spacial score (nSPS) is 23.0. The van der Waals surface area contributed by atoms with Crippen LogP contribution in [0.1, 0.15) is 52.9 Å². The van der Waals surface area contributed by atoms with Gasteiger partial charge in [-0.15, -0.1) is 0 Å². The van der Waals surface area contributed by atoms with Crippen LogP contribution in [0.2, 0.25) is 0 Å². The van der Waals surface area contributed by atoms with Crippen LogP contribution < -0.4 is 21.6 Å². The molecule has 208 valence electrons. The number of pyridine rings is 1. The molecule has 2 aliphatic carbocycles. The number of phenols is 2. The van der Waals surface area contributed by atoms with Crippen LogP contribution in [0.5, 0.6) is 17.2 Å². The van der Waals surface area contributed by atoms with Gasteiger partial charge in [-0.05, 0) is 30.0 Å². The van der Waals surface area contributed by atoms with Gasteiger partial charge in [-0.3, -0.25) is 9.59 Å². The summed E-state index contributed by atoms with van der Waals surface area (Å²) >= 11 is 0. The minimum atomic E-state index is -1.00. The van der Waals surface area contributed by atoms with E-state index in [4.69, 9.17) is 29.2 Å². The van der Waals surface area contributed by atoms with Crippen LogP contribution in [0.25, 0.3) is 32.9 Å². The van der Waals surface area contributed by atoms with Gasteiger partial charge in [0, 0.05) is 49.4 Å². The first-order chi connectivity index (χ1) is 19.2. The van der Waals surface area contributed by atoms with Crippen LogP contribution in [0.4, 0.5) is 0 Å². The van der Waals surface area contributed by atoms with E-state index in [1.165, 1.54) is 14.2 Å². The second-order valence-electron chi connectivity index (χ2n) is 10.4. The fraction of sp³-hybridized carbons (Fsp3) is 0.357. The van der Waals surface area contributed by atoms with Crippen molar-refractivity contribution >= 4 is 21.7 Å². The molecule has 5 N–H and O–H groups in total. The number of aromatic nitrogens is 1. The molecule has 0 spiro atoms. The maximum Gasteiger partial charge on any atom is 0.280 e. The van der Waals surface area contributed by atoms with Gasteiger partial charge in [-0.25, -0.2) is 4.68 Å². The van der Waals surface area contributed by atoms with Gasteiger partial charge in [0.25, 0.3) is 5.56 Å². The maximum atomic E-state index is 14.1. The molecular weight excluding hydrogens is 524 g/mol. The van der Waals surface area contributed by atoms with Gasteiger partial charge in [0.15, 0.2) is 18.1 Å². The Morgan fingerprint density at radius 3 is 2.52 bits per heavy atom. The number of methoxy groups -OCH3 is 2. The lowest BCUT2D eigenvalue weighted by Gasteiger charge is -2.36. The van der Waals surface area contributed by atoms with E-state index in [2.05, 4.69) is 0 Å². The van der Waals surface area contributed by atoms with E-state index in [1.54, 1.807) is 19.1 Å². The van der Waals surface area contributed by atoms with E-state index in [0.717, 1.165) is 4.68 Å². The quantitative estimate of drug-likeness (QED) is 0.269. The molecule has 0 bridgehead atoms. The molecule has 0 unspecified atom stereocenters. The summed E-state index contributed by atoms with van der Waals surface area (Å²) in [5.74, 6) is 5.32. The van der Waals surface area contributed by atoms with Crippen LogP contribution in [0, 0.1) is 6.92 Å². The molecule has 4 atom stereocenters. The molecule has 0 saturated carbocycles. The molecule has 2 aromatic heterocycles. The Balaban J connectivity index is 1.64. The Morgan fingerprint density at radius 2 is 1.80 bits per heavy atom. The Morgan fingerprint density at radius 1 is 1.05 bits per heavy atom. The summed E-state index contributed by atoms with van der Waals surface area (Å²) < 4.78 is 29.9. The lowest BCUT2D eigenvalue weighted by Crippen LogP contribution is -2.34. The molecule has 0 radical (unpaired) electrons. The maximum absolute atomic E-state index is 14.1. The molecule has 7 rings (SSSR count). The first-order valence-electron chi connectivity index (χ1n) is 12.7. The van der Waals surface area contributed by atoms with Gasteiger partial charge < -0.3 is 44.5 Å². The van der Waals surface area contributed by atoms with Crippen LogP contribution in [-0.2, 0) is 20.6 Å². The van der Waals surface area contributed by atoms with Crippen LogP contribution in [0.15, 0.2) is 26.1 Å². The smallest absolute Gasteiger partial charge is 0.280 e. The number of aliphatic hydroxyl groups is 1. The SMILES string of the molecule is CO[C@@H]1c2oc3c4c5c(c(O)c3c(=O)c2[C@H](OC)C[C@@H]1O)-c1c(cc2cc(C)n(N)c(=O)c2c1O)C[C@@H]5OCO4. The second-order valence-corrected chi connectivity index (χ2v) is 10.4. The average Bonchev–Trinajstić information content (AvgIpc) is 2.93. The lowest BCUT2D eigenvalue weighted by atomic mass is 9.79. The van der Waals surface area contributed by atoms with Crippen molar-refractivity contribution in [1.82, 2.24) is 4.68 Å². The molecule has 12 nitrogen and oxygen atoms in total. The highest BCUT2D eigenvalue weighted by molar-refractivity contribution is 6.05. The number of hydrogen-bond donors (Lipinski definition) is 4. The van der Waals surface area contributed by atoms with Crippen molar-refractivity contribution in [1.29, 1.82) is 0 Å². The van der Waals surface area contributed by atoms with Crippen LogP contribution >= 0.6 is 0 Å². The topological polar surface area (TPSA) is 176 Å². The van der Waals surface area contributed by atoms with Gasteiger partial charge >= 0.3 is 0 Å². The van der Waals surface area contributed by atoms with Crippen LogP contribution in [-0.4, -0.2) is 47.1 Å². The zero-order valence-electron chi connectivity index (χ0n) is 21.8. The number of aromatic hydroxyl groups is 2. The number of rotatable bonds is 2. The largest absolute Gasteiger partial charge is 0.506 e. The van der Waals surface area contributed by atoms with Gasteiger partial charge in [-0.2, -0.15) is 0 Å². The zero-order valence-corrected chi connectivity index (χ0v) is 21.8. The molecule has 2 aromatic carbocycles. The van der Waals surface area contributed by atoms with Crippen molar-refractivity contribution in [3.63, 3.8) is 0 Å². The fourth-order valence-electron chi connectivity index (χ4n) is 6.48. The molecular formula is C28H26N2O10. The number of nitrogen functional groups attached to an aromatic ring is 1. The Bertz CT molecular complexity index is 1890. The summed E-state index contributed by atoms with van der Waals surface area (Å²) in [5.41, 5.74) is 0.639. The number of benzene rings is 2. The predicted molar refractivity (Wildman–Crippen MR) is 141 cm³/mol. The molecule has 3 aliphatic rings. The number of fused-ring (bicyclic) bond motifs is 6. The van der Waals surface area contributed by atoms with Crippen molar-refractivity contribution in [3.05, 3.63) is 60.9 Å². The van der Waals surface area contributed by atoms with Gasteiger partial charge in [0.05, 0.1) is 29.3 Å². The summed E-state index contributed by atoms with van der Waals surface area (Å²) in [6, 6.07) is 3.44. The zero-order chi connectivity index (χ0) is 28.2. The minimum absolute atomic E-state index is 0.0231. The number of nitrogens with two attached hydrogens (primary N) is 1. The van der Waals surface area contributed by atoms with E-state index < -0.39 is 41.2 Å². The molecule has 0 saturated heterocycles. The number of aryl methyl sites for hydroxylation is 1. The van der Waals surface area contributed by atoms with Gasteiger partial charge in [-0.1, -0.05) is 0 Å². The number of aliphatic hydroxyl groups excluding tert-OH is 1. The number of hydrogen-bond acceptors (Lipinski definition) is 11. The summed E-state index contributed by atoms with van der Waals surface area (Å²) in [6.45, 7) is 1.53. The monoisotopic (exact) mass is 550 g/mol. The van der Waals surface area contributed by atoms with E-state index in [1.807, 2.05) is 0 Å². The fourth-order valence-corrected chi connectivity index (χ4v) is 6.48. The molecule has 40 heavy (non-hydrogen) atoms. The van der Waals surface area contributed by atoms with Gasteiger partial charge in [0.2, 0.25) is 5.43 Å². The average molecular weight is 551 g/mol. The molecule has 12 heteroatoms. The van der Waals surface area contributed by atoms with Crippen molar-refractivity contribution in [2.24, 2.45) is 0 Å². The summed E-state index contributed by atoms with van der Waals surface area (Å²) in [5, 5.41) is 34.2. The van der Waals surface area contributed by atoms with Crippen molar-refractivity contribution in [2.45, 2.75) is 44.2 Å². The first-order valence-corrected chi connectivity index (χ1v) is 12.7. The van der Waals surface area contributed by atoms with Crippen molar-refractivity contribution in [2.75, 3.05) is 26.9 Å². The Hall–Kier alpha value is -4.10. The highest BCUT2D eigenvalue weighted by Crippen LogP contribution is 2.57. The first kappa shape index (κ1) is 24.9. The lowest BCUT2D eigenvalue weighted by molar-refractivity contribution is -0.0709. The molecule has 3 heterocycles. The predicted octanol–water partition coefficient (Wildman–Crippen LogP) is 2.31. The van der Waals surface area contributed by atoms with E-state index in [-0.39, 0.29) is 69.9 Å². The molecule has 1 aliphatic heterocycles. The second kappa shape index (κ2) is 8.45. The van der Waals surface area contributed by atoms with Crippen molar-refractivity contribution in [3.8, 4) is 28.4 Å². The highest BCUT2D eigenvalue weighted by Gasteiger charge is 2.43. The van der Waals surface area contributed by atoms with Crippen molar-refractivity contribution < 1.29 is 38.7 Å². The number of ether oxygens (including phenoxy) is 4. The van der Waals surface area contributed by atoms with Gasteiger partial charge in [0.1, 0.15) is 28.7 Å². The molecule has 0 fully saturated rings. The summed E-state index contributed by atoms with van der Waals surface area (Å²) in [6.07, 6.45) is -3.02. The third kappa shape index (κ3) is 3.04. The number of nitrogens with zero attached hydrogens (tertiary/aromatic N) is 1. The summed E-state index contributed by atoms with van der Waals surface area (Å²) in [4.78, 5) is 27.2. The molecule has 4 aromatic rings. The third-order valence-corrected chi connectivity index (χ3v) is 8.33. The van der Waals surface area contributed by atoms with E-state index in [0.29, 0.717) is 22.2 Å². The highest BCUT2D eigenvalue weighted by atomic mass is 16.7. The van der Waals surface area contributed by atoms with E-state index in [9.17, 15) is 24.9 Å². The number of phenolic OH excluding ortho intramolecular Hbond substituents is 2. The summed E-state index contributed by atoms with van der Waals surface area (Å²) in [7, 11) is 2.80. The Kier molecular flexibility index (Phi) is 5.26. The van der Waals surface area contributed by atoms with Crippen LogP contribution in [0.3, 0.4) is 0 Å².